The molecular weight excluding hydrogens is 500 g/mol. The molecule has 1 aromatic heterocycles. The Morgan fingerprint density at radius 3 is 2.46 bits per heavy atom. The van der Waals surface area contributed by atoms with Gasteiger partial charge in [0.15, 0.2) is 12.4 Å². The second-order valence-electron chi connectivity index (χ2n) is 8.15. The van der Waals surface area contributed by atoms with E-state index in [4.69, 9.17) is 9.47 Å². The van der Waals surface area contributed by atoms with Crippen LogP contribution in [0.5, 0.6) is 0 Å². The van der Waals surface area contributed by atoms with Gasteiger partial charge in [-0.05, 0) is 63.6 Å². The summed E-state index contributed by atoms with van der Waals surface area (Å²) in [4.78, 5) is 43.2. The summed E-state index contributed by atoms with van der Waals surface area (Å²) in [7, 11) is -2.73. The van der Waals surface area contributed by atoms with E-state index >= 15 is 0 Å². The first-order valence-electron chi connectivity index (χ1n) is 11.7. The van der Waals surface area contributed by atoms with Crippen molar-refractivity contribution in [3.63, 3.8) is 0 Å². The molecular formula is C25H30N4O7S. The summed E-state index contributed by atoms with van der Waals surface area (Å²) in [6.07, 6.45) is -0.00568. The number of esters is 1. The second-order valence-corrected chi connectivity index (χ2v) is 10.0. The van der Waals surface area contributed by atoms with Crippen molar-refractivity contribution in [2.75, 3.05) is 20.2 Å². The molecule has 37 heavy (non-hydrogen) atoms. The number of benzene rings is 2. The fraction of sp³-hybridized carbons (Fsp3) is 0.360. The number of hydrogen-bond acceptors (Lipinski definition) is 8. The molecule has 0 saturated carbocycles. The van der Waals surface area contributed by atoms with Crippen molar-refractivity contribution in [2.45, 2.75) is 45.6 Å². The van der Waals surface area contributed by atoms with Crippen molar-refractivity contribution in [2.24, 2.45) is 0 Å². The Bertz CT molecular complexity index is 1510. The van der Waals surface area contributed by atoms with Crippen LogP contribution in [0.25, 0.3) is 16.6 Å². The number of fused-ring (bicyclic) bond motifs is 1. The van der Waals surface area contributed by atoms with Gasteiger partial charge in [0.1, 0.15) is 4.90 Å². The van der Waals surface area contributed by atoms with Crippen molar-refractivity contribution < 1.29 is 27.5 Å². The van der Waals surface area contributed by atoms with Crippen LogP contribution in [0.2, 0.25) is 0 Å². The number of nitrogens with zero attached hydrogens (tertiary/aromatic N) is 2. The van der Waals surface area contributed by atoms with Crippen LogP contribution in [0, 0.1) is 13.8 Å². The van der Waals surface area contributed by atoms with Gasteiger partial charge in [0.2, 0.25) is 10.0 Å². The third kappa shape index (κ3) is 5.65. The van der Waals surface area contributed by atoms with E-state index in [0.717, 1.165) is 4.57 Å². The molecule has 0 radical (unpaired) electrons. The van der Waals surface area contributed by atoms with Crippen molar-refractivity contribution in [1.82, 2.24) is 19.6 Å². The summed E-state index contributed by atoms with van der Waals surface area (Å²) in [5, 5.41) is 2.69. The lowest BCUT2D eigenvalue weighted by Crippen LogP contribution is -2.30. The average molecular weight is 531 g/mol. The number of sulfonamides is 1. The van der Waals surface area contributed by atoms with Gasteiger partial charge in [0, 0.05) is 6.54 Å². The second kappa shape index (κ2) is 11.5. The number of amides is 1. The molecule has 3 aromatic rings. The van der Waals surface area contributed by atoms with Gasteiger partial charge in [-0.2, -0.15) is 0 Å². The van der Waals surface area contributed by atoms with Crippen LogP contribution in [0.3, 0.4) is 0 Å². The molecule has 0 unspecified atom stereocenters. The summed E-state index contributed by atoms with van der Waals surface area (Å²) < 4.78 is 39.4. The van der Waals surface area contributed by atoms with Crippen molar-refractivity contribution >= 4 is 33.0 Å². The molecule has 0 saturated heterocycles. The molecule has 0 bridgehead atoms. The summed E-state index contributed by atoms with van der Waals surface area (Å²) in [5.74, 6) is -0.575. The summed E-state index contributed by atoms with van der Waals surface area (Å²) in [6, 6.07) is 7.48. The van der Waals surface area contributed by atoms with Gasteiger partial charge in [-0.25, -0.2) is 27.7 Å². The van der Waals surface area contributed by atoms with E-state index in [2.05, 4.69) is 15.0 Å². The molecule has 0 fully saturated rings. The topological polar surface area (TPSA) is 146 Å². The fourth-order valence-electron chi connectivity index (χ4n) is 3.99. The predicted octanol–water partition coefficient (Wildman–Crippen LogP) is 2.72. The number of ether oxygens (including phenoxy) is 2. The molecule has 1 heterocycles. The number of carbonyl (C=O) groups excluding carboxylic acids is 2. The van der Waals surface area contributed by atoms with E-state index in [9.17, 15) is 22.8 Å². The first-order chi connectivity index (χ1) is 17.6. The van der Waals surface area contributed by atoms with E-state index in [1.54, 1.807) is 32.9 Å². The quantitative estimate of drug-likeness (QED) is 0.402. The molecule has 1 amide bonds. The lowest BCUT2D eigenvalue weighted by Gasteiger charge is -2.19. The minimum absolute atomic E-state index is 0.00517. The minimum atomic E-state index is -3.98. The van der Waals surface area contributed by atoms with Crippen LogP contribution in [-0.2, 0) is 26.1 Å². The molecule has 11 nitrogen and oxygen atoms in total. The van der Waals surface area contributed by atoms with Crippen LogP contribution in [-0.4, -0.2) is 50.2 Å². The lowest BCUT2D eigenvalue weighted by atomic mass is 9.98. The molecule has 3 rings (SSSR count). The van der Waals surface area contributed by atoms with Crippen LogP contribution in [0.1, 0.15) is 47.6 Å². The summed E-state index contributed by atoms with van der Waals surface area (Å²) in [5.41, 5.74) is 0.797. The SMILES string of the molecule is CCCNC(=O)OCc1nc2cc(C)c(C(=O)OCC)c(C)c2c(=O)n1-c1ccccc1S(=O)(=O)NC. The van der Waals surface area contributed by atoms with E-state index in [1.165, 1.54) is 25.2 Å². The average Bonchev–Trinajstić information content (AvgIpc) is 2.86. The van der Waals surface area contributed by atoms with Crippen LogP contribution >= 0.6 is 0 Å². The van der Waals surface area contributed by atoms with Gasteiger partial charge in [-0.3, -0.25) is 9.36 Å². The third-order valence-corrected chi connectivity index (χ3v) is 7.14. The smallest absolute Gasteiger partial charge is 0.407 e. The maximum absolute atomic E-state index is 14.0. The van der Waals surface area contributed by atoms with Crippen LogP contribution in [0.4, 0.5) is 4.79 Å². The van der Waals surface area contributed by atoms with E-state index < -0.39 is 34.3 Å². The Hall–Kier alpha value is -3.77. The Labute approximate surface area is 214 Å². The Balaban J connectivity index is 2.36. The number of para-hydroxylation sites is 1. The number of aromatic nitrogens is 2. The fourth-order valence-corrected chi connectivity index (χ4v) is 4.90. The van der Waals surface area contributed by atoms with Crippen molar-refractivity contribution in [3.05, 3.63) is 63.2 Å². The largest absolute Gasteiger partial charge is 0.462 e. The lowest BCUT2D eigenvalue weighted by molar-refractivity contribution is 0.0524. The molecule has 12 heteroatoms. The minimum Gasteiger partial charge on any atom is -0.462 e. The van der Waals surface area contributed by atoms with Crippen molar-refractivity contribution in [3.8, 4) is 5.69 Å². The zero-order valence-electron chi connectivity index (χ0n) is 21.4. The zero-order valence-corrected chi connectivity index (χ0v) is 22.2. The highest BCUT2D eigenvalue weighted by molar-refractivity contribution is 7.89. The number of nitrogens with one attached hydrogen (secondary N) is 2. The number of hydrogen-bond donors (Lipinski definition) is 2. The maximum Gasteiger partial charge on any atom is 0.407 e. The predicted molar refractivity (Wildman–Crippen MR) is 137 cm³/mol. The highest BCUT2D eigenvalue weighted by atomic mass is 32.2. The molecule has 2 N–H and O–H groups in total. The van der Waals surface area contributed by atoms with Gasteiger partial charge in [-0.1, -0.05) is 19.1 Å². The third-order valence-electron chi connectivity index (χ3n) is 5.67. The van der Waals surface area contributed by atoms with Crippen molar-refractivity contribution in [1.29, 1.82) is 0 Å². The molecule has 0 spiro atoms. The number of carbonyl (C=O) groups is 2. The summed E-state index contributed by atoms with van der Waals surface area (Å²) in [6.45, 7) is 7.03. The van der Waals surface area contributed by atoms with Gasteiger partial charge >= 0.3 is 12.1 Å². The number of rotatable bonds is 9. The van der Waals surface area contributed by atoms with Crippen LogP contribution < -0.4 is 15.6 Å². The van der Waals surface area contributed by atoms with Gasteiger partial charge in [0.25, 0.3) is 5.56 Å². The van der Waals surface area contributed by atoms with E-state index in [-0.39, 0.29) is 39.5 Å². The normalized spacial score (nSPS) is 11.4. The van der Waals surface area contributed by atoms with Gasteiger partial charge < -0.3 is 14.8 Å². The molecule has 0 aliphatic carbocycles. The Kier molecular flexibility index (Phi) is 8.66. The molecule has 0 aliphatic rings. The first kappa shape index (κ1) is 27.8. The van der Waals surface area contributed by atoms with E-state index in [0.29, 0.717) is 24.1 Å². The summed E-state index contributed by atoms with van der Waals surface area (Å²) >= 11 is 0. The Morgan fingerprint density at radius 2 is 1.81 bits per heavy atom. The number of alkyl carbamates (subject to hydrolysis) is 1. The van der Waals surface area contributed by atoms with E-state index in [1.807, 2.05) is 6.92 Å². The highest BCUT2D eigenvalue weighted by Gasteiger charge is 2.25. The zero-order chi connectivity index (χ0) is 27.3. The highest BCUT2D eigenvalue weighted by Crippen LogP contribution is 2.26. The first-order valence-corrected chi connectivity index (χ1v) is 13.2. The number of aryl methyl sites for hydroxylation is 2. The van der Waals surface area contributed by atoms with Crippen LogP contribution in [0.15, 0.2) is 40.0 Å². The maximum atomic E-state index is 14.0. The van der Waals surface area contributed by atoms with Gasteiger partial charge in [0.05, 0.1) is 28.8 Å². The molecule has 198 valence electrons. The molecule has 0 atom stereocenters. The monoisotopic (exact) mass is 530 g/mol. The van der Waals surface area contributed by atoms with Gasteiger partial charge in [-0.15, -0.1) is 0 Å². The molecule has 0 aliphatic heterocycles. The standard InChI is InChI=1S/C25H30N4O7S/c1-6-12-27-25(32)36-14-20-28-17-13-15(3)21(24(31)35-7-2)16(4)22(17)23(30)29(20)18-10-8-9-11-19(18)37(33,34)26-5/h8-11,13,26H,6-7,12,14H2,1-5H3,(H,27,32). The molecule has 2 aromatic carbocycles. The Morgan fingerprint density at radius 1 is 1.11 bits per heavy atom.